The summed E-state index contributed by atoms with van der Waals surface area (Å²) in [6.07, 6.45) is -2.98. The van der Waals surface area contributed by atoms with Crippen LogP contribution in [0.15, 0.2) is 35.1 Å². The van der Waals surface area contributed by atoms with Crippen LogP contribution in [0, 0.1) is 27.7 Å². The molecule has 1 aromatic heterocycles. The van der Waals surface area contributed by atoms with Crippen molar-refractivity contribution in [2.45, 2.75) is 53.2 Å². The molecule has 0 radical (unpaired) electrons. The van der Waals surface area contributed by atoms with Gasteiger partial charge in [-0.05, 0) is 57.9 Å². The summed E-state index contributed by atoms with van der Waals surface area (Å²) in [5, 5.41) is 2.65. The molecule has 10 nitrogen and oxygen atoms in total. The van der Waals surface area contributed by atoms with E-state index < -0.39 is 35.7 Å². The van der Waals surface area contributed by atoms with Crippen LogP contribution in [0.5, 0.6) is 5.75 Å². The van der Waals surface area contributed by atoms with Crippen molar-refractivity contribution < 1.29 is 23.9 Å². The van der Waals surface area contributed by atoms with Crippen molar-refractivity contribution in [2.24, 2.45) is 0 Å². The standard InChI is InChI=1S/C27H26Cl2N4O6/c1-6-20(38-21-8-7-12(2)9-13(21)3)24(34)32-18-10-17(29)19(11-16(18)28)33-26(36)23(39-27(33)37)22-14(4)30-15(5)31-25(22)35/h7-11,20,23H,6H2,1-5H3,(H,32,34)(H,30,31,35). The monoisotopic (exact) mass is 572 g/mol. The number of aromatic nitrogens is 2. The summed E-state index contributed by atoms with van der Waals surface area (Å²) in [6.45, 7) is 8.79. The molecule has 2 unspecified atom stereocenters. The van der Waals surface area contributed by atoms with Gasteiger partial charge in [-0.25, -0.2) is 14.7 Å². The number of carbonyl (C=O) groups is 3. The van der Waals surface area contributed by atoms with E-state index in [1.54, 1.807) is 13.0 Å². The molecule has 39 heavy (non-hydrogen) atoms. The number of nitrogens with zero attached hydrogens (tertiary/aromatic N) is 2. The van der Waals surface area contributed by atoms with E-state index in [0.717, 1.165) is 11.1 Å². The number of carbonyl (C=O) groups excluding carboxylic acids is 3. The molecule has 0 saturated carbocycles. The van der Waals surface area contributed by atoms with E-state index in [1.807, 2.05) is 32.9 Å². The summed E-state index contributed by atoms with van der Waals surface area (Å²) in [5.41, 5.74) is 1.63. The van der Waals surface area contributed by atoms with Crippen LogP contribution in [0.1, 0.15) is 47.7 Å². The van der Waals surface area contributed by atoms with E-state index in [9.17, 15) is 19.2 Å². The maximum absolute atomic E-state index is 13.2. The molecule has 12 heteroatoms. The van der Waals surface area contributed by atoms with Crippen molar-refractivity contribution in [1.82, 2.24) is 9.97 Å². The van der Waals surface area contributed by atoms with Crippen molar-refractivity contribution in [1.29, 1.82) is 0 Å². The van der Waals surface area contributed by atoms with Crippen molar-refractivity contribution in [3.63, 3.8) is 0 Å². The van der Waals surface area contributed by atoms with E-state index in [1.165, 1.54) is 19.1 Å². The fourth-order valence-corrected chi connectivity index (χ4v) is 4.73. The molecule has 2 aromatic carbocycles. The molecule has 1 saturated heterocycles. The van der Waals surface area contributed by atoms with Gasteiger partial charge in [-0.2, -0.15) is 0 Å². The first kappa shape index (κ1) is 28.1. The first-order chi connectivity index (χ1) is 18.4. The SMILES string of the molecule is CCC(Oc1ccc(C)cc1C)C(=O)Nc1cc(Cl)c(N2C(=O)OC(c3c(C)nc(C)[nH]c3=O)C2=O)cc1Cl. The zero-order chi connectivity index (χ0) is 28.6. The molecule has 2 atom stereocenters. The molecule has 3 amide bonds. The summed E-state index contributed by atoms with van der Waals surface area (Å²) in [5.74, 6) is -0.351. The molecule has 1 aliphatic heterocycles. The summed E-state index contributed by atoms with van der Waals surface area (Å²) < 4.78 is 11.2. The molecular formula is C27H26Cl2N4O6. The lowest BCUT2D eigenvalue weighted by Crippen LogP contribution is -2.33. The molecule has 4 rings (SSSR count). The van der Waals surface area contributed by atoms with E-state index in [0.29, 0.717) is 22.9 Å². The molecule has 0 spiro atoms. The average Bonchev–Trinajstić information content (AvgIpc) is 3.13. The number of aromatic amines is 1. The number of hydrogen-bond donors (Lipinski definition) is 2. The second-order valence-electron chi connectivity index (χ2n) is 9.14. The van der Waals surface area contributed by atoms with Crippen molar-refractivity contribution in [2.75, 3.05) is 10.2 Å². The molecule has 1 fully saturated rings. The molecule has 0 bridgehead atoms. The van der Waals surface area contributed by atoms with Crippen LogP contribution in [0.3, 0.4) is 0 Å². The van der Waals surface area contributed by atoms with Gasteiger partial charge in [-0.3, -0.25) is 14.4 Å². The van der Waals surface area contributed by atoms with Gasteiger partial charge in [0.2, 0.25) is 6.10 Å². The highest BCUT2D eigenvalue weighted by atomic mass is 35.5. The Hall–Kier alpha value is -3.89. The van der Waals surface area contributed by atoms with Crippen LogP contribution >= 0.6 is 23.2 Å². The lowest BCUT2D eigenvalue weighted by Gasteiger charge is -2.20. The maximum Gasteiger partial charge on any atom is 0.422 e. The normalized spacial score (nSPS) is 15.8. The minimum atomic E-state index is -1.50. The van der Waals surface area contributed by atoms with Crippen LogP contribution in [-0.2, 0) is 14.3 Å². The Morgan fingerprint density at radius 2 is 1.85 bits per heavy atom. The van der Waals surface area contributed by atoms with E-state index in [-0.39, 0.29) is 32.7 Å². The Balaban J connectivity index is 1.57. The predicted octanol–water partition coefficient (Wildman–Crippen LogP) is 5.33. The number of imide groups is 1. The highest BCUT2D eigenvalue weighted by Gasteiger charge is 2.45. The smallest absolute Gasteiger partial charge is 0.422 e. The highest BCUT2D eigenvalue weighted by Crippen LogP contribution is 2.39. The van der Waals surface area contributed by atoms with Gasteiger partial charge in [0, 0.05) is 0 Å². The quantitative estimate of drug-likeness (QED) is 0.391. The van der Waals surface area contributed by atoms with Gasteiger partial charge >= 0.3 is 6.09 Å². The predicted molar refractivity (Wildman–Crippen MR) is 147 cm³/mol. The minimum absolute atomic E-state index is 0.0131. The Bertz CT molecular complexity index is 1550. The van der Waals surface area contributed by atoms with Gasteiger partial charge in [0.25, 0.3) is 17.4 Å². The number of nitrogens with one attached hydrogen (secondary N) is 2. The summed E-state index contributed by atoms with van der Waals surface area (Å²) in [7, 11) is 0. The van der Waals surface area contributed by atoms with Crippen LogP contribution < -0.4 is 20.5 Å². The number of rotatable bonds is 7. The number of hydrogen-bond acceptors (Lipinski definition) is 7. The number of benzene rings is 2. The third-order valence-electron chi connectivity index (χ3n) is 6.17. The summed E-state index contributed by atoms with van der Waals surface area (Å²) >= 11 is 12.9. The molecule has 2 heterocycles. The van der Waals surface area contributed by atoms with Gasteiger partial charge in [0.05, 0.1) is 32.7 Å². The Morgan fingerprint density at radius 3 is 2.49 bits per heavy atom. The fourth-order valence-electron chi connectivity index (χ4n) is 4.28. The van der Waals surface area contributed by atoms with Gasteiger partial charge in [-0.1, -0.05) is 47.8 Å². The molecule has 1 aliphatic rings. The number of cyclic esters (lactones) is 1. The maximum atomic E-state index is 13.2. The van der Waals surface area contributed by atoms with Crippen molar-refractivity contribution in [3.05, 3.63) is 78.9 Å². The number of halogens is 2. The Labute approximate surface area is 234 Å². The Morgan fingerprint density at radius 1 is 1.13 bits per heavy atom. The zero-order valence-corrected chi connectivity index (χ0v) is 23.4. The van der Waals surface area contributed by atoms with Gasteiger partial charge in [-0.15, -0.1) is 0 Å². The zero-order valence-electron chi connectivity index (χ0n) is 21.8. The highest BCUT2D eigenvalue weighted by molar-refractivity contribution is 6.39. The second-order valence-corrected chi connectivity index (χ2v) is 9.96. The van der Waals surface area contributed by atoms with Gasteiger partial charge < -0.3 is 19.8 Å². The van der Waals surface area contributed by atoms with E-state index >= 15 is 0 Å². The average molecular weight is 573 g/mol. The summed E-state index contributed by atoms with van der Waals surface area (Å²) in [4.78, 5) is 58.7. The minimum Gasteiger partial charge on any atom is -0.480 e. The Kier molecular flexibility index (Phi) is 7.99. The van der Waals surface area contributed by atoms with Crippen LogP contribution in [0.25, 0.3) is 0 Å². The molecule has 2 N–H and O–H groups in total. The molecular weight excluding hydrogens is 547 g/mol. The van der Waals surface area contributed by atoms with Crippen molar-refractivity contribution in [3.8, 4) is 5.75 Å². The van der Waals surface area contributed by atoms with Crippen molar-refractivity contribution >= 4 is 52.5 Å². The second kappa shape index (κ2) is 11.1. The lowest BCUT2D eigenvalue weighted by molar-refractivity contribution is -0.123. The molecule has 0 aliphatic carbocycles. The third-order valence-corrected chi connectivity index (χ3v) is 6.79. The third kappa shape index (κ3) is 5.62. The number of H-pyrrole nitrogens is 1. The van der Waals surface area contributed by atoms with Crippen LogP contribution in [0.2, 0.25) is 10.0 Å². The molecule has 204 valence electrons. The van der Waals surface area contributed by atoms with Gasteiger partial charge in [0.1, 0.15) is 11.6 Å². The number of amides is 3. The largest absolute Gasteiger partial charge is 0.480 e. The first-order valence-corrected chi connectivity index (χ1v) is 12.8. The van der Waals surface area contributed by atoms with Crippen LogP contribution in [-0.4, -0.2) is 34.0 Å². The number of anilines is 2. The van der Waals surface area contributed by atoms with Gasteiger partial charge in [0.15, 0.2) is 6.10 Å². The number of ether oxygens (including phenoxy) is 2. The fraction of sp³-hybridized carbons (Fsp3) is 0.296. The van der Waals surface area contributed by atoms with Crippen LogP contribution in [0.4, 0.5) is 16.2 Å². The molecule has 3 aromatic rings. The first-order valence-electron chi connectivity index (χ1n) is 12.1. The number of aryl methyl sites for hydroxylation is 4. The topological polar surface area (TPSA) is 131 Å². The van der Waals surface area contributed by atoms with E-state index in [2.05, 4.69) is 15.3 Å². The van der Waals surface area contributed by atoms with E-state index in [4.69, 9.17) is 32.7 Å². The summed E-state index contributed by atoms with van der Waals surface area (Å²) in [6, 6.07) is 8.24. The lowest BCUT2D eigenvalue weighted by atomic mass is 10.1.